The maximum absolute atomic E-state index is 12.1. The molecule has 2 aliphatic rings. The van der Waals surface area contributed by atoms with Crippen molar-refractivity contribution in [2.24, 2.45) is 5.92 Å². The van der Waals surface area contributed by atoms with Crippen LogP contribution in [0.5, 0.6) is 0 Å². The number of ether oxygens (including phenoxy) is 2. The molecule has 3 rings (SSSR count). The molecule has 2 heterocycles. The zero-order valence-electron chi connectivity index (χ0n) is 14.9. The average Bonchev–Trinajstić information content (AvgIpc) is 3.17. The van der Waals surface area contributed by atoms with Crippen LogP contribution in [0, 0.1) is 5.92 Å². The van der Waals surface area contributed by atoms with Gasteiger partial charge in [-0.3, -0.25) is 4.79 Å². The highest BCUT2D eigenvalue weighted by atomic mass is 16.5. The molecule has 7 heteroatoms. The monoisotopic (exact) mass is 362 g/mol. The number of amides is 2. The molecule has 0 radical (unpaired) electrons. The standard InChI is InChI=1S/C19H26N2O5/c22-18(23)16-5-8-21(12-16)19(24)20-11-14-1-3-15(4-2-14)13-26-17-6-9-25-10-7-17/h1-4,16-17H,5-13H2,(H,20,24)(H,22,23). The molecule has 2 fully saturated rings. The van der Waals surface area contributed by atoms with Crippen LogP contribution in [0.4, 0.5) is 4.79 Å². The Morgan fingerprint density at radius 1 is 1.15 bits per heavy atom. The van der Waals surface area contributed by atoms with Crippen LogP contribution >= 0.6 is 0 Å². The highest BCUT2D eigenvalue weighted by Crippen LogP contribution is 2.17. The van der Waals surface area contributed by atoms with Crippen LogP contribution in [0.2, 0.25) is 0 Å². The number of urea groups is 1. The zero-order chi connectivity index (χ0) is 18.4. The van der Waals surface area contributed by atoms with E-state index in [2.05, 4.69) is 5.32 Å². The minimum absolute atomic E-state index is 0.208. The Hall–Kier alpha value is -2.12. The maximum atomic E-state index is 12.1. The number of carbonyl (C=O) groups excluding carboxylic acids is 1. The fraction of sp³-hybridized carbons (Fsp3) is 0.579. The van der Waals surface area contributed by atoms with Gasteiger partial charge in [0.1, 0.15) is 0 Å². The van der Waals surface area contributed by atoms with E-state index in [0.29, 0.717) is 26.1 Å². The summed E-state index contributed by atoms with van der Waals surface area (Å²) >= 11 is 0. The summed E-state index contributed by atoms with van der Waals surface area (Å²) in [6.07, 6.45) is 2.69. The lowest BCUT2D eigenvalue weighted by molar-refractivity contribution is -0.141. The lowest BCUT2D eigenvalue weighted by Gasteiger charge is -2.22. The van der Waals surface area contributed by atoms with Gasteiger partial charge >= 0.3 is 12.0 Å². The summed E-state index contributed by atoms with van der Waals surface area (Å²) in [7, 11) is 0. The molecule has 142 valence electrons. The second kappa shape index (κ2) is 9.00. The van der Waals surface area contributed by atoms with E-state index < -0.39 is 11.9 Å². The third-order valence-corrected chi connectivity index (χ3v) is 4.95. The SMILES string of the molecule is O=C(O)C1CCN(C(=O)NCc2ccc(COC3CCOCC3)cc2)C1. The van der Waals surface area contributed by atoms with E-state index >= 15 is 0 Å². The smallest absolute Gasteiger partial charge is 0.317 e. The highest BCUT2D eigenvalue weighted by molar-refractivity contribution is 5.77. The van der Waals surface area contributed by atoms with Crippen molar-refractivity contribution in [3.63, 3.8) is 0 Å². The van der Waals surface area contributed by atoms with Crippen LogP contribution in [0.25, 0.3) is 0 Å². The number of benzene rings is 1. The van der Waals surface area contributed by atoms with Crippen molar-refractivity contribution in [3.8, 4) is 0 Å². The van der Waals surface area contributed by atoms with E-state index in [1.165, 1.54) is 0 Å². The number of carboxylic acid groups (broad SMARTS) is 1. The summed E-state index contributed by atoms with van der Waals surface area (Å²) in [6.45, 7) is 3.33. The van der Waals surface area contributed by atoms with E-state index in [-0.39, 0.29) is 18.7 Å². The number of hydrogen-bond acceptors (Lipinski definition) is 4. The van der Waals surface area contributed by atoms with Gasteiger partial charge in [0.05, 0.1) is 18.6 Å². The fourth-order valence-corrected chi connectivity index (χ4v) is 3.25. The molecule has 0 bridgehead atoms. The van der Waals surface area contributed by atoms with Gasteiger partial charge in [-0.1, -0.05) is 24.3 Å². The van der Waals surface area contributed by atoms with E-state index in [1.807, 2.05) is 24.3 Å². The number of aliphatic carboxylic acids is 1. The molecule has 7 nitrogen and oxygen atoms in total. The number of rotatable bonds is 6. The summed E-state index contributed by atoms with van der Waals surface area (Å²) in [4.78, 5) is 24.6. The maximum Gasteiger partial charge on any atom is 0.317 e. The van der Waals surface area contributed by atoms with E-state index in [0.717, 1.165) is 37.2 Å². The number of carboxylic acids is 1. The quantitative estimate of drug-likeness (QED) is 0.808. The molecule has 2 amide bonds. The van der Waals surface area contributed by atoms with Crippen LogP contribution in [0.1, 0.15) is 30.4 Å². The first-order valence-corrected chi connectivity index (χ1v) is 9.14. The molecule has 2 aliphatic heterocycles. The molecule has 0 spiro atoms. The Morgan fingerprint density at radius 3 is 2.50 bits per heavy atom. The van der Waals surface area contributed by atoms with Gasteiger partial charge in [-0.2, -0.15) is 0 Å². The topological polar surface area (TPSA) is 88.1 Å². The first-order chi connectivity index (χ1) is 12.6. The van der Waals surface area contributed by atoms with Gasteiger partial charge in [-0.25, -0.2) is 4.79 Å². The van der Waals surface area contributed by atoms with Crippen molar-refractivity contribution in [3.05, 3.63) is 35.4 Å². The van der Waals surface area contributed by atoms with Crippen molar-refractivity contribution in [2.75, 3.05) is 26.3 Å². The van der Waals surface area contributed by atoms with Gasteiger partial charge < -0.3 is 24.8 Å². The second-order valence-corrected chi connectivity index (χ2v) is 6.87. The third-order valence-electron chi connectivity index (χ3n) is 4.95. The Bertz CT molecular complexity index is 613. The minimum atomic E-state index is -0.834. The highest BCUT2D eigenvalue weighted by Gasteiger charge is 2.30. The van der Waals surface area contributed by atoms with Crippen molar-refractivity contribution in [2.45, 2.75) is 38.5 Å². The molecular formula is C19H26N2O5. The normalized spacial score (nSPS) is 20.9. The molecule has 0 aliphatic carbocycles. The van der Waals surface area contributed by atoms with Crippen molar-refractivity contribution < 1.29 is 24.2 Å². The Morgan fingerprint density at radius 2 is 1.85 bits per heavy atom. The molecule has 1 aromatic carbocycles. The first-order valence-electron chi connectivity index (χ1n) is 9.14. The lowest BCUT2D eigenvalue weighted by atomic mass is 10.1. The largest absolute Gasteiger partial charge is 0.481 e. The summed E-state index contributed by atoms with van der Waals surface area (Å²) in [5.41, 5.74) is 2.11. The van der Waals surface area contributed by atoms with Crippen molar-refractivity contribution in [1.82, 2.24) is 10.2 Å². The Kier molecular flexibility index (Phi) is 6.46. The molecule has 26 heavy (non-hydrogen) atoms. The van der Waals surface area contributed by atoms with Gasteiger partial charge in [0.25, 0.3) is 0 Å². The second-order valence-electron chi connectivity index (χ2n) is 6.87. The van der Waals surface area contributed by atoms with Gasteiger partial charge in [-0.05, 0) is 30.4 Å². The Labute approximate surface area is 153 Å². The van der Waals surface area contributed by atoms with Crippen LogP contribution in [0.15, 0.2) is 24.3 Å². The molecule has 2 N–H and O–H groups in total. The van der Waals surface area contributed by atoms with Gasteiger partial charge in [0, 0.05) is 32.8 Å². The van der Waals surface area contributed by atoms with Crippen molar-refractivity contribution in [1.29, 1.82) is 0 Å². The van der Waals surface area contributed by atoms with Crippen LogP contribution in [-0.4, -0.2) is 54.4 Å². The summed E-state index contributed by atoms with van der Waals surface area (Å²) in [6, 6.07) is 7.77. The lowest BCUT2D eigenvalue weighted by Crippen LogP contribution is -2.38. The van der Waals surface area contributed by atoms with Crippen LogP contribution in [0.3, 0.4) is 0 Å². The predicted molar refractivity (Wildman–Crippen MR) is 94.6 cm³/mol. The Balaban J connectivity index is 1.40. The zero-order valence-corrected chi connectivity index (χ0v) is 14.9. The van der Waals surface area contributed by atoms with E-state index in [1.54, 1.807) is 4.90 Å². The minimum Gasteiger partial charge on any atom is -0.481 e. The third kappa shape index (κ3) is 5.19. The molecule has 1 atom stereocenters. The summed E-state index contributed by atoms with van der Waals surface area (Å²) < 4.78 is 11.2. The number of hydrogen-bond donors (Lipinski definition) is 2. The first kappa shape index (κ1) is 18.7. The van der Waals surface area contributed by atoms with E-state index in [9.17, 15) is 9.59 Å². The molecule has 2 saturated heterocycles. The van der Waals surface area contributed by atoms with Gasteiger partial charge in [-0.15, -0.1) is 0 Å². The predicted octanol–water partition coefficient (Wildman–Crippen LogP) is 2.00. The van der Waals surface area contributed by atoms with Crippen LogP contribution < -0.4 is 5.32 Å². The number of carbonyl (C=O) groups is 2. The number of likely N-dealkylation sites (tertiary alicyclic amines) is 1. The molecular weight excluding hydrogens is 336 g/mol. The van der Waals surface area contributed by atoms with Gasteiger partial charge in [0.2, 0.25) is 0 Å². The molecule has 0 saturated carbocycles. The molecule has 1 unspecified atom stereocenters. The number of nitrogens with zero attached hydrogens (tertiary/aromatic N) is 1. The summed E-state index contributed by atoms with van der Waals surface area (Å²) in [5, 5.41) is 11.9. The van der Waals surface area contributed by atoms with Crippen LogP contribution in [-0.2, 0) is 27.4 Å². The average molecular weight is 362 g/mol. The van der Waals surface area contributed by atoms with Crippen molar-refractivity contribution >= 4 is 12.0 Å². The number of nitrogens with one attached hydrogen (secondary N) is 1. The molecule has 0 aromatic heterocycles. The van der Waals surface area contributed by atoms with Gasteiger partial charge in [0.15, 0.2) is 0 Å². The molecule has 1 aromatic rings. The summed E-state index contributed by atoms with van der Waals surface area (Å²) in [5.74, 6) is -1.28. The fourth-order valence-electron chi connectivity index (χ4n) is 3.25. The van der Waals surface area contributed by atoms with E-state index in [4.69, 9.17) is 14.6 Å².